The maximum Gasteiger partial charge on any atom is 0.251 e. The molecule has 5 heteroatoms. The number of rotatable bonds is 5. The molecule has 1 amide bonds. The number of hydrogen-bond acceptors (Lipinski definition) is 4. The van der Waals surface area contributed by atoms with E-state index in [0.29, 0.717) is 17.4 Å². The molecule has 5 nitrogen and oxygen atoms in total. The molecule has 26 heavy (non-hydrogen) atoms. The van der Waals surface area contributed by atoms with E-state index in [9.17, 15) is 4.79 Å². The first kappa shape index (κ1) is 17.9. The molecular weight excluding hydrogens is 324 g/mol. The van der Waals surface area contributed by atoms with Crippen molar-refractivity contribution in [3.05, 3.63) is 65.5 Å². The van der Waals surface area contributed by atoms with E-state index in [-0.39, 0.29) is 11.9 Å². The Labute approximate surface area is 154 Å². The van der Waals surface area contributed by atoms with Gasteiger partial charge >= 0.3 is 0 Å². The van der Waals surface area contributed by atoms with Crippen molar-refractivity contribution < 1.29 is 4.79 Å². The fourth-order valence-electron chi connectivity index (χ4n) is 2.78. The Morgan fingerprint density at radius 3 is 2.54 bits per heavy atom. The van der Waals surface area contributed by atoms with Crippen LogP contribution in [0, 0.1) is 12.8 Å². The van der Waals surface area contributed by atoms with E-state index in [0.717, 1.165) is 22.5 Å². The van der Waals surface area contributed by atoms with Crippen molar-refractivity contribution in [2.75, 3.05) is 5.32 Å². The van der Waals surface area contributed by atoms with E-state index in [1.165, 1.54) is 0 Å². The van der Waals surface area contributed by atoms with Crippen molar-refractivity contribution in [2.45, 2.75) is 33.7 Å². The van der Waals surface area contributed by atoms with Crippen LogP contribution in [0.15, 0.2) is 54.4 Å². The van der Waals surface area contributed by atoms with Gasteiger partial charge in [0.1, 0.15) is 0 Å². The average Bonchev–Trinajstić information content (AvgIpc) is 3.01. The summed E-state index contributed by atoms with van der Waals surface area (Å²) >= 11 is 0. The average molecular weight is 348 g/mol. The number of aryl methyl sites for hydroxylation is 1. The summed E-state index contributed by atoms with van der Waals surface area (Å²) in [4.78, 5) is 21.1. The van der Waals surface area contributed by atoms with Crippen LogP contribution in [0.3, 0.4) is 0 Å². The molecule has 1 unspecified atom stereocenters. The number of benzene rings is 1. The number of anilines is 1. The third kappa shape index (κ3) is 4.17. The van der Waals surface area contributed by atoms with Crippen molar-refractivity contribution in [3.8, 4) is 11.3 Å². The molecule has 1 atom stereocenters. The zero-order valence-corrected chi connectivity index (χ0v) is 15.6. The molecule has 0 saturated heterocycles. The first-order chi connectivity index (χ1) is 12.4. The molecule has 0 bridgehead atoms. The molecule has 2 aromatic rings. The van der Waals surface area contributed by atoms with Gasteiger partial charge in [-0.15, -0.1) is 0 Å². The maximum atomic E-state index is 12.1. The minimum atomic E-state index is -0.0672. The Kier molecular flexibility index (Phi) is 5.16. The molecule has 3 rings (SSSR count). The molecule has 2 N–H and O–H groups in total. The van der Waals surface area contributed by atoms with Crippen molar-refractivity contribution in [3.63, 3.8) is 0 Å². The number of allylic oxidation sites excluding steroid dienone is 3. The number of carbonyl (C=O) groups is 1. The van der Waals surface area contributed by atoms with Gasteiger partial charge in [-0.3, -0.25) is 4.79 Å². The quantitative estimate of drug-likeness (QED) is 0.854. The summed E-state index contributed by atoms with van der Waals surface area (Å²) in [6, 6.07) is 7.61. The van der Waals surface area contributed by atoms with Gasteiger partial charge in [0.15, 0.2) is 0 Å². The number of amides is 1. The molecule has 0 radical (unpaired) electrons. The lowest BCUT2D eigenvalue weighted by Gasteiger charge is -2.11. The summed E-state index contributed by atoms with van der Waals surface area (Å²) in [5.41, 5.74) is 4.45. The Balaban J connectivity index is 1.82. The van der Waals surface area contributed by atoms with Gasteiger partial charge in [0, 0.05) is 29.1 Å². The Morgan fingerprint density at radius 2 is 1.92 bits per heavy atom. The summed E-state index contributed by atoms with van der Waals surface area (Å²) in [5.74, 6) is 0.923. The van der Waals surface area contributed by atoms with Crippen LogP contribution in [0.4, 0.5) is 5.95 Å². The molecule has 134 valence electrons. The molecular formula is C21H24N4O. The minimum absolute atomic E-state index is 0.0672. The normalized spacial score (nSPS) is 15.9. The van der Waals surface area contributed by atoms with Crippen molar-refractivity contribution >= 4 is 11.9 Å². The molecule has 0 spiro atoms. The van der Waals surface area contributed by atoms with Crippen LogP contribution in [-0.4, -0.2) is 21.9 Å². The van der Waals surface area contributed by atoms with Gasteiger partial charge in [-0.25, -0.2) is 9.97 Å². The Bertz CT molecular complexity index is 866. The second-order valence-corrected chi connectivity index (χ2v) is 6.90. The number of hydrogen-bond donors (Lipinski definition) is 2. The summed E-state index contributed by atoms with van der Waals surface area (Å²) in [5, 5.41) is 6.14. The highest BCUT2D eigenvalue weighted by Gasteiger charge is 2.11. The van der Waals surface area contributed by atoms with Gasteiger partial charge in [0.2, 0.25) is 5.95 Å². The largest absolute Gasteiger partial charge is 0.350 e. The monoisotopic (exact) mass is 348 g/mol. The highest BCUT2D eigenvalue weighted by molar-refractivity contribution is 5.94. The SMILES string of the molecule is Cc1cnc(NC2=CC(C)C=C2)nc1-c1ccc(C(=O)NC(C)C)cc1. The van der Waals surface area contributed by atoms with Crippen LogP contribution in [0.25, 0.3) is 11.3 Å². The summed E-state index contributed by atoms with van der Waals surface area (Å²) < 4.78 is 0. The third-order valence-corrected chi connectivity index (χ3v) is 4.09. The van der Waals surface area contributed by atoms with Gasteiger partial charge < -0.3 is 10.6 Å². The van der Waals surface area contributed by atoms with E-state index in [2.05, 4.69) is 39.7 Å². The van der Waals surface area contributed by atoms with Crippen molar-refractivity contribution in [1.82, 2.24) is 15.3 Å². The van der Waals surface area contributed by atoms with Gasteiger partial charge in [-0.2, -0.15) is 0 Å². The van der Waals surface area contributed by atoms with Crippen LogP contribution in [0.5, 0.6) is 0 Å². The number of nitrogens with one attached hydrogen (secondary N) is 2. The molecule has 1 aliphatic carbocycles. The van der Waals surface area contributed by atoms with Crippen LogP contribution >= 0.6 is 0 Å². The molecule has 0 saturated carbocycles. The predicted molar refractivity (Wildman–Crippen MR) is 105 cm³/mol. The first-order valence-corrected chi connectivity index (χ1v) is 8.84. The van der Waals surface area contributed by atoms with Crippen LogP contribution in [0.2, 0.25) is 0 Å². The standard InChI is InChI=1S/C21H24N4O/c1-13(2)23-20(26)17-8-6-16(7-9-17)19-15(4)12-22-21(25-19)24-18-10-5-14(3)11-18/h5-14H,1-4H3,(H,23,26)(H,22,24,25). The van der Waals surface area contributed by atoms with E-state index in [1.54, 1.807) is 0 Å². The Morgan fingerprint density at radius 1 is 1.19 bits per heavy atom. The molecule has 1 aromatic heterocycles. The predicted octanol–water partition coefficient (Wildman–Crippen LogP) is 4.09. The summed E-state index contributed by atoms with van der Waals surface area (Å²) in [7, 11) is 0. The third-order valence-electron chi connectivity index (χ3n) is 4.09. The molecule has 1 aromatic carbocycles. The smallest absolute Gasteiger partial charge is 0.251 e. The zero-order chi connectivity index (χ0) is 18.7. The highest BCUT2D eigenvalue weighted by atomic mass is 16.1. The van der Waals surface area contributed by atoms with E-state index in [1.807, 2.05) is 57.3 Å². The second-order valence-electron chi connectivity index (χ2n) is 6.90. The Hall–Kier alpha value is -2.95. The van der Waals surface area contributed by atoms with Gasteiger partial charge in [0.05, 0.1) is 5.69 Å². The van der Waals surface area contributed by atoms with Crippen LogP contribution in [0.1, 0.15) is 36.7 Å². The number of aromatic nitrogens is 2. The van der Waals surface area contributed by atoms with Crippen LogP contribution < -0.4 is 10.6 Å². The fourth-order valence-corrected chi connectivity index (χ4v) is 2.78. The van der Waals surface area contributed by atoms with Crippen molar-refractivity contribution in [1.29, 1.82) is 0 Å². The van der Waals surface area contributed by atoms with Gasteiger partial charge in [-0.1, -0.05) is 31.2 Å². The second kappa shape index (κ2) is 7.52. The fraction of sp³-hybridized carbons (Fsp3) is 0.286. The van der Waals surface area contributed by atoms with E-state index >= 15 is 0 Å². The zero-order valence-electron chi connectivity index (χ0n) is 15.6. The number of carbonyl (C=O) groups excluding carboxylic acids is 1. The molecule has 0 fully saturated rings. The maximum absolute atomic E-state index is 12.1. The van der Waals surface area contributed by atoms with Gasteiger partial charge in [-0.05, 0) is 50.5 Å². The molecule has 0 aliphatic heterocycles. The van der Waals surface area contributed by atoms with Crippen LogP contribution in [-0.2, 0) is 0 Å². The van der Waals surface area contributed by atoms with E-state index < -0.39 is 0 Å². The van der Waals surface area contributed by atoms with E-state index in [4.69, 9.17) is 0 Å². The first-order valence-electron chi connectivity index (χ1n) is 8.84. The lowest BCUT2D eigenvalue weighted by Crippen LogP contribution is -2.29. The topological polar surface area (TPSA) is 66.9 Å². The van der Waals surface area contributed by atoms with Gasteiger partial charge in [0.25, 0.3) is 5.91 Å². The molecule has 1 aliphatic rings. The highest BCUT2D eigenvalue weighted by Crippen LogP contribution is 2.23. The molecule has 1 heterocycles. The summed E-state index contributed by atoms with van der Waals surface area (Å²) in [6.07, 6.45) is 8.10. The number of nitrogens with zero attached hydrogens (tertiary/aromatic N) is 2. The minimum Gasteiger partial charge on any atom is -0.350 e. The lowest BCUT2D eigenvalue weighted by molar-refractivity contribution is 0.0943. The summed E-state index contributed by atoms with van der Waals surface area (Å²) in [6.45, 7) is 8.00. The lowest BCUT2D eigenvalue weighted by atomic mass is 10.1. The van der Waals surface area contributed by atoms with Crippen molar-refractivity contribution in [2.24, 2.45) is 5.92 Å².